The first kappa shape index (κ1) is 19.1. The molecule has 0 aliphatic heterocycles. The summed E-state index contributed by atoms with van der Waals surface area (Å²) in [6.07, 6.45) is -1.24. The van der Waals surface area contributed by atoms with Gasteiger partial charge in [0.05, 0.1) is 18.8 Å². The number of rotatable bonds is 12. The van der Waals surface area contributed by atoms with Crippen LogP contribution in [0.5, 0.6) is 0 Å². The second-order valence-corrected chi connectivity index (χ2v) is 4.67. The average Bonchev–Trinajstić information content (AvgIpc) is 2.46. The molecule has 0 saturated carbocycles. The van der Waals surface area contributed by atoms with Crippen molar-refractivity contribution in [2.75, 3.05) is 19.8 Å². The van der Waals surface area contributed by atoms with Crippen LogP contribution in [-0.2, 0) is 19.1 Å². The van der Waals surface area contributed by atoms with E-state index < -0.39 is 24.6 Å². The van der Waals surface area contributed by atoms with Gasteiger partial charge in [-0.15, -0.1) is 0 Å². The Bertz CT molecular complexity index is 282. The largest absolute Gasteiger partial charge is 0.388 e. The van der Waals surface area contributed by atoms with Crippen molar-refractivity contribution in [2.45, 2.75) is 51.1 Å². The summed E-state index contributed by atoms with van der Waals surface area (Å²) in [7, 11) is 0. The molecular weight excluding hydrogens is 268 g/mol. The third kappa shape index (κ3) is 8.34. The Kier molecular flexibility index (Phi) is 10.4. The minimum atomic E-state index is -1.64. The molecule has 0 heterocycles. The highest BCUT2D eigenvalue weighted by molar-refractivity contribution is 5.84. The number of carbonyl (C=O) groups is 2. The van der Waals surface area contributed by atoms with Crippen molar-refractivity contribution in [1.29, 1.82) is 0 Å². The molecule has 0 spiro atoms. The van der Waals surface area contributed by atoms with Gasteiger partial charge in [0.15, 0.2) is 5.78 Å². The molecule has 0 aliphatic carbocycles. The fourth-order valence-corrected chi connectivity index (χ4v) is 1.50. The highest BCUT2D eigenvalue weighted by Gasteiger charge is 2.24. The predicted octanol–water partition coefficient (Wildman–Crippen LogP) is -0.941. The van der Waals surface area contributed by atoms with Gasteiger partial charge in [0.25, 0.3) is 0 Å². The first-order valence-electron chi connectivity index (χ1n) is 6.58. The summed E-state index contributed by atoms with van der Waals surface area (Å²) in [5.74, 6) is -0.843. The van der Waals surface area contributed by atoms with Crippen molar-refractivity contribution in [1.82, 2.24) is 0 Å². The first-order valence-corrected chi connectivity index (χ1v) is 6.58. The van der Waals surface area contributed by atoms with Crippen molar-refractivity contribution >= 4 is 12.1 Å². The van der Waals surface area contributed by atoms with Crippen LogP contribution in [0.1, 0.15) is 26.7 Å². The van der Waals surface area contributed by atoms with Gasteiger partial charge in [-0.1, -0.05) is 0 Å². The van der Waals surface area contributed by atoms with E-state index in [1.54, 1.807) is 6.92 Å². The Morgan fingerprint density at radius 1 is 1.15 bits per heavy atom. The maximum atomic E-state index is 11.0. The van der Waals surface area contributed by atoms with Gasteiger partial charge in [-0.05, 0) is 26.7 Å². The smallest absolute Gasteiger partial charge is 0.189 e. The zero-order valence-electron chi connectivity index (χ0n) is 11.9. The molecule has 0 rings (SSSR count). The van der Waals surface area contributed by atoms with Gasteiger partial charge < -0.3 is 29.6 Å². The quantitative estimate of drug-likeness (QED) is 0.398. The van der Waals surface area contributed by atoms with Gasteiger partial charge in [0.1, 0.15) is 31.7 Å². The lowest BCUT2D eigenvalue weighted by Gasteiger charge is -2.20. The highest BCUT2D eigenvalue weighted by atomic mass is 16.5. The minimum absolute atomic E-state index is 0.0601. The second kappa shape index (κ2) is 10.9. The van der Waals surface area contributed by atoms with Crippen LogP contribution in [-0.4, -0.2) is 71.6 Å². The van der Waals surface area contributed by atoms with Crippen LogP contribution in [0.15, 0.2) is 0 Å². The number of aliphatic hydroxyl groups is 3. The molecule has 0 fully saturated rings. The van der Waals surface area contributed by atoms with Crippen LogP contribution in [0.3, 0.4) is 0 Å². The molecule has 0 amide bonds. The van der Waals surface area contributed by atoms with Gasteiger partial charge in [0.2, 0.25) is 0 Å². The van der Waals surface area contributed by atoms with E-state index in [4.69, 9.17) is 14.6 Å². The number of hydrogen-bond acceptors (Lipinski definition) is 7. The number of aliphatic hydroxyl groups excluding tert-OH is 3. The molecule has 0 unspecified atom stereocenters. The van der Waals surface area contributed by atoms with E-state index in [9.17, 15) is 19.8 Å². The molecule has 7 nitrogen and oxygen atoms in total. The van der Waals surface area contributed by atoms with E-state index in [0.29, 0.717) is 19.1 Å². The van der Waals surface area contributed by atoms with E-state index in [0.717, 1.165) is 0 Å². The maximum Gasteiger partial charge on any atom is 0.189 e. The van der Waals surface area contributed by atoms with E-state index in [1.165, 1.54) is 0 Å². The monoisotopic (exact) mass is 292 g/mol. The Hall–Kier alpha value is -0.860. The van der Waals surface area contributed by atoms with E-state index in [-0.39, 0.29) is 25.4 Å². The van der Waals surface area contributed by atoms with Gasteiger partial charge >= 0.3 is 0 Å². The Morgan fingerprint density at radius 2 is 1.70 bits per heavy atom. The molecule has 0 radical (unpaired) electrons. The second-order valence-electron chi connectivity index (χ2n) is 4.67. The van der Waals surface area contributed by atoms with Crippen LogP contribution in [0.2, 0.25) is 0 Å². The van der Waals surface area contributed by atoms with Crippen LogP contribution in [0, 0.1) is 0 Å². The fourth-order valence-electron chi connectivity index (χ4n) is 1.50. The third-order valence-corrected chi connectivity index (χ3v) is 2.83. The molecule has 3 N–H and O–H groups in total. The van der Waals surface area contributed by atoms with Crippen LogP contribution >= 0.6 is 0 Å². The number of hydrogen-bond donors (Lipinski definition) is 3. The molecule has 0 aromatic carbocycles. The van der Waals surface area contributed by atoms with Gasteiger partial charge in [0, 0.05) is 0 Å². The van der Waals surface area contributed by atoms with Gasteiger partial charge in [-0.2, -0.15) is 0 Å². The summed E-state index contributed by atoms with van der Waals surface area (Å²) in [6, 6.07) is 0. The fraction of sp³-hybridized carbons (Fsp3) is 0.846. The summed E-state index contributed by atoms with van der Waals surface area (Å²) in [5.41, 5.74) is 0. The minimum Gasteiger partial charge on any atom is -0.388 e. The Labute approximate surface area is 118 Å². The zero-order valence-corrected chi connectivity index (χ0v) is 11.9. The van der Waals surface area contributed by atoms with Crippen LogP contribution in [0.4, 0.5) is 0 Å². The molecule has 0 aromatic rings. The van der Waals surface area contributed by atoms with Crippen LogP contribution in [0.25, 0.3) is 0 Å². The van der Waals surface area contributed by atoms with Crippen molar-refractivity contribution in [3.05, 3.63) is 0 Å². The Balaban J connectivity index is 3.84. The zero-order chi connectivity index (χ0) is 15.5. The van der Waals surface area contributed by atoms with E-state index >= 15 is 0 Å². The number of aldehydes is 1. The molecule has 4 atom stereocenters. The Morgan fingerprint density at radius 3 is 2.20 bits per heavy atom. The number of ether oxygens (including phenoxy) is 2. The summed E-state index contributed by atoms with van der Waals surface area (Å²) in [5, 5.41) is 27.4. The first-order chi connectivity index (χ1) is 9.42. The number of Topliss-reactive ketones (excluding diaryl/α,β-unsaturated/α-hetero) is 1. The van der Waals surface area contributed by atoms with Crippen LogP contribution < -0.4 is 0 Å². The summed E-state index contributed by atoms with van der Waals surface area (Å²) in [6.45, 7) is 2.68. The molecule has 0 bridgehead atoms. The molecule has 0 aromatic heterocycles. The van der Waals surface area contributed by atoms with Crippen molar-refractivity contribution in [2.24, 2.45) is 0 Å². The lowest BCUT2D eigenvalue weighted by Crippen LogP contribution is -2.39. The van der Waals surface area contributed by atoms with E-state index in [2.05, 4.69) is 0 Å². The summed E-state index contributed by atoms with van der Waals surface area (Å²) >= 11 is 0. The SMILES string of the molecule is C[C@H](CC[C@@H](C)OC[C@@H](O)[C@H](O)C(=O)CO)OCC=O. The molecule has 20 heavy (non-hydrogen) atoms. The predicted molar refractivity (Wildman–Crippen MR) is 70.2 cm³/mol. The topological polar surface area (TPSA) is 113 Å². The maximum absolute atomic E-state index is 11.0. The number of ketones is 1. The van der Waals surface area contributed by atoms with Crippen molar-refractivity contribution in [3.8, 4) is 0 Å². The molecule has 0 saturated heterocycles. The molecular formula is C13H24O7. The molecule has 0 aliphatic rings. The van der Waals surface area contributed by atoms with Crippen molar-refractivity contribution < 1.29 is 34.4 Å². The van der Waals surface area contributed by atoms with Gasteiger partial charge in [-0.25, -0.2) is 0 Å². The normalized spacial score (nSPS) is 17.2. The molecule has 118 valence electrons. The summed E-state index contributed by atoms with van der Waals surface area (Å²) < 4.78 is 10.5. The number of carbonyl (C=O) groups excluding carboxylic acids is 2. The standard InChI is InChI=1S/C13H24O7/c1-9(19-6-5-14)3-4-10(2)20-8-12(17)13(18)11(16)7-15/h5,9-10,12-13,15,17-18H,3-4,6-8H2,1-2H3/t9-,10-,12-,13-/m1/s1. The lowest BCUT2D eigenvalue weighted by molar-refractivity contribution is -0.139. The average molecular weight is 292 g/mol. The van der Waals surface area contributed by atoms with Gasteiger partial charge in [-0.3, -0.25) is 4.79 Å². The van der Waals surface area contributed by atoms with Crippen molar-refractivity contribution in [3.63, 3.8) is 0 Å². The molecule has 7 heteroatoms. The summed E-state index contributed by atoms with van der Waals surface area (Å²) in [4.78, 5) is 21.1. The highest BCUT2D eigenvalue weighted by Crippen LogP contribution is 2.08. The van der Waals surface area contributed by atoms with E-state index in [1.807, 2.05) is 6.92 Å². The third-order valence-electron chi connectivity index (χ3n) is 2.83. The lowest BCUT2D eigenvalue weighted by atomic mass is 10.1.